The van der Waals surface area contributed by atoms with Gasteiger partial charge in [0.15, 0.2) is 0 Å². The zero-order valence-electron chi connectivity index (χ0n) is 10.3. The van der Waals surface area contributed by atoms with E-state index in [2.05, 4.69) is 32.6 Å². The van der Waals surface area contributed by atoms with Crippen LogP contribution < -0.4 is 0 Å². The second-order valence-corrected chi connectivity index (χ2v) is 5.39. The van der Waals surface area contributed by atoms with Crippen molar-refractivity contribution in [2.75, 3.05) is 6.54 Å². The molecular weight excluding hydrogens is 190 g/mol. The molecule has 1 heterocycles. The maximum absolute atomic E-state index is 10.7. The van der Waals surface area contributed by atoms with Gasteiger partial charge in [-0.05, 0) is 39.5 Å². The zero-order chi connectivity index (χ0) is 11.6. The maximum atomic E-state index is 10.7. The molecule has 1 aliphatic rings. The van der Waals surface area contributed by atoms with Crippen molar-refractivity contribution in [1.82, 2.24) is 4.90 Å². The van der Waals surface area contributed by atoms with Crippen molar-refractivity contribution in [2.24, 2.45) is 5.92 Å². The molecule has 0 aromatic rings. The van der Waals surface area contributed by atoms with E-state index in [1.54, 1.807) is 0 Å². The fraction of sp³-hybridized carbons (Fsp3) is 0.917. The van der Waals surface area contributed by atoms with E-state index in [9.17, 15) is 4.79 Å². The minimum Gasteiger partial charge on any atom is -0.481 e. The van der Waals surface area contributed by atoms with E-state index < -0.39 is 5.97 Å². The van der Waals surface area contributed by atoms with Crippen LogP contribution in [0.1, 0.15) is 47.0 Å². The summed E-state index contributed by atoms with van der Waals surface area (Å²) >= 11 is 0. The first kappa shape index (κ1) is 12.5. The first-order chi connectivity index (χ1) is 6.86. The minimum atomic E-state index is -0.665. The van der Waals surface area contributed by atoms with Gasteiger partial charge in [0.05, 0.1) is 0 Å². The Bertz CT molecular complexity index is 238. The van der Waals surface area contributed by atoms with Crippen LogP contribution in [-0.2, 0) is 4.79 Å². The Kier molecular flexibility index (Phi) is 3.77. The van der Waals surface area contributed by atoms with Crippen LogP contribution in [0.3, 0.4) is 0 Å². The molecule has 1 N–H and O–H groups in total. The van der Waals surface area contributed by atoms with Crippen molar-refractivity contribution in [2.45, 2.75) is 58.5 Å². The van der Waals surface area contributed by atoms with Gasteiger partial charge in [-0.1, -0.05) is 6.92 Å². The average Bonchev–Trinajstić information content (AvgIpc) is 2.38. The average molecular weight is 213 g/mol. The summed E-state index contributed by atoms with van der Waals surface area (Å²) in [5, 5.41) is 8.81. The summed E-state index contributed by atoms with van der Waals surface area (Å²) in [6.45, 7) is 9.80. The standard InChI is InChI=1S/C12H23NO2/c1-5-9(2)13-8-10(6-11(14)15)7-12(13,3)4/h9-10H,5-8H2,1-4H3,(H,14,15). The van der Waals surface area contributed by atoms with Crippen molar-refractivity contribution < 1.29 is 9.90 Å². The van der Waals surface area contributed by atoms with Crippen LogP contribution in [0.15, 0.2) is 0 Å². The predicted octanol–water partition coefficient (Wildman–Crippen LogP) is 2.36. The van der Waals surface area contributed by atoms with Gasteiger partial charge in [0.2, 0.25) is 0 Å². The first-order valence-corrected chi connectivity index (χ1v) is 5.85. The molecule has 0 aromatic heterocycles. The third-order valence-corrected chi connectivity index (χ3v) is 3.61. The second kappa shape index (κ2) is 4.52. The highest BCUT2D eigenvalue weighted by Crippen LogP contribution is 2.36. The lowest BCUT2D eigenvalue weighted by molar-refractivity contribution is -0.138. The molecule has 0 aliphatic carbocycles. The molecule has 3 nitrogen and oxygen atoms in total. The van der Waals surface area contributed by atoms with Crippen molar-refractivity contribution >= 4 is 5.97 Å². The molecule has 0 bridgehead atoms. The maximum Gasteiger partial charge on any atom is 0.303 e. The van der Waals surface area contributed by atoms with Crippen molar-refractivity contribution in [3.05, 3.63) is 0 Å². The number of hydrogen-bond donors (Lipinski definition) is 1. The fourth-order valence-corrected chi connectivity index (χ4v) is 2.79. The lowest BCUT2D eigenvalue weighted by atomic mass is 9.94. The minimum absolute atomic E-state index is 0.162. The molecule has 3 heteroatoms. The number of rotatable bonds is 4. The van der Waals surface area contributed by atoms with Crippen molar-refractivity contribution in [3.8, 4) is 0 Å². The Morgan fingerprint density at radius 2 is 2.20 bits per heavy atom. The number of carboxylic acid groups (broad SMARTS) is 1. The molecule has 0 aromatic carbocycles. The summed E-state index contributed by atoms with van der Waals surface area (Å²) in [6, 6.07) is 0.554. The SMILES string of the molecule is CCC(C)N1CC(CC(=O)O)CC1(C)C. The van der Waals surface area contributed by atoms with Crippen LogP contribution in [0.2, 0.25) is 0 Å². The smallest absolute Gasteiger partial charge is 0.303 e. The van der Waals surface area contributed by atoms with E-state index in [0.29, 0.717) is 18.4 Å². The molecule has 1 aliphatic heterocycles. The van der Waals surface area contributed by atoms with Crippen LogP contribution in [0.25, 0.3) is 0 Å². The molecule has 2 atom stereocenters. The molecule has 0 radical (unpaired) electrons. The highest BCUT2D eigenvalue weighted by Gasteiger charge is 2.40. The topological polar surface area (TPSA) is 40.5 Å². The lowest BCUT2D eigenvalue weighted by Crippen LogP contribution is -2.43. The third kappa shape index (κ3) is 2.94. The normalized spacial score (nSPS) is 27.9. The van der Waals surface area contributed by atoms with E-state index in [-0.39, 0.29) is 5.54 Å². The van der Waals surface area contributed by atoms with Gasteiger partial charge in [0, 0.05) is 24.5 Å². The van der Waals surface area contributed by atoms with Crippen LogP contribution in [0.5, 0.6) is 0 Å². The number of carboxylic acids is 1. The van der Waals surface area contributed by atoms with Gasteiger partial charge < -0.3 is 5.11 Å². The van der Waals surface area contributed by atoms with Gasteiger partial charge >= 0.3 is 5.97 Å². The van der Waals surface area contributed by atoms with Gasteiger partial charge in [-0.3, -0.25) is 9.69 Å². The monoisotopic (exact) mass is 213 g/mol. The summed E-state index contributed by atoms with van der Waals surface area (Å²) < 4.78 is 0. The van der Waals surface area contributed by atoms with E-state index in [4.69, 9.17) is 5.11 Å². The number of hydrogen-bond acceptors (Lipinski definition) is 2. The van der Waals surface area contributed by atoms with Gasteiger partial charge in [0.1, 0.15) is 0 Å². The zero-order valence-corrected chi connectivity index (χ0v) is 10.3. The molecular formula is C12H23NO2. The quantitative estimate of drug-likeness (QED) is 0.779. The first-order valence-electron chi connectivity index (χ1n) is 5.85. The molecule has 1 fully saturated rings. The van der Waals surface area contributed by atoms with Crippen LogP contribution in [0, 0.1) is 5.92 Å². The molecule has 1 rings (SSSR count). The Morgan fingerprint density at radius 3 is 2.67 bits per heavy atom. The molecule has 0 amide bonds. The van der Waals surface area contributed by atoms with Crippen molar-refractivity contribution in [3.63, 3.8) is 0 Å². The van der Waals surface area contributed by atoms with Crippen LogP contribution in [-0.4, -0.2) is 34.1 Å². The number of carbonyl (C=O) groups is 1. The van der Waals surface area contributed by atoms with E-state index >= 15 is 0 Å². The summed E-state index contributed by atoms with van der Waals surface area (Å²) in [5.41, 5.74) is 0.162. The van der Waals surface area contributed by atoms with Crippen molar-refractivity contribution in [1.29, 1.82) is 0 Å². The molecule has 88 valence electrons. The molecule has 0 spiro atoms. The van der Waals surface area contributed by atoms with E-state index in [1.807, 2.05) is 0 Å². The number of aliphatic carboxylic acids is 1. The number of likely N-dealkylation sites (tertiary alicyclic amines) is 1. The summed E-state index contributed by atoms with van der Waals surface area (Å²) in [6.07, 6.45) is 2.45. The Labute approximate surface area is 92.5 Å². The lowest BCUT2D eigenvalue weighted by Gasteiger charge is -2.36. The molecule has 2 unspecified atom stereocenters. The summed E-state index contributed by atoms with van der Waals surface area (Å²) in [4.78, 5) is 13.2. The Balaban J connectivity index is 2.63. The fourth-order valence-electron chi connectivity index (χ4n) is 2.79. The summed E-state index contributed by atoms with van der Waals surface area (Å²) in [5.74, 6) is -0.340. The van der Waals surface area contributed by atoms with Crippen LogP contribution in [0.4, 0.5) is 0 Å². The predicted molar refractivity (Wildman–Crippen MR) is 60.9 cm³/mol. The Hall–Kier alpha value is -0.570. The molecule has 0 saturated carbocycles. The van der Waals surface area contributed by atoms with Gasteiger partial charge in [-0.25, -0.2) is 0 Å². The van der Waals surface area contributed by atoms with Gasteiger partial charge in [-0.15, -0.1) is 0 Å². The van der Waals surface area contributed by atoms with Crippen LogP contribution >= 0.6 is 0 Å². The van der Waals surface area contributed by atoms with E-state index in [1.165, 1.54) is 0 Å². The van der Waals surface area contributed by atoms with Gasteiger partial charge in [-0.2, -0.15) is 0 Å². The highest BCUT2D eigenvalue weighted by atomic mass is 16.4. The highest BCUT2D eigenvalue weighted by molar-refractivity contribution is 5.67. The van der Waals surface area contributed by atoms with Gasteiger partial charge in [0.25, 0.3) is 0 Å². The molecule has 1 saturated heterocycles. The second-order valence-electron chi connectivity index (χ2n) is 5.39. The Morgan fingerprint density at radius 1 is 1.60 bits per heavy atom. The third-order valence-electron chi connectivity index (χ3n) is 3.61. The largest absolute Gasteiger partial charge is 0.481 e. The van der Waals surface area contributed by atoms with E-state index in [0.717, 1.165) is 19.4 Å². The molecule has 15 heavy (non-hydrogen) atoms. The number of nitrogens with zero attached hydrogens (tertiary/aromatic N) is 1. The summed E-state index contributed by atoms with van der Waals surface area (Å²) in [7, 11) is 0.